The minimum atomic E-state index is 0.267. The first kappa shape index (κ1) is 14.6. The van der Waals surface area contributed by atoms with Crippen molar-refractivity contribution in [3.8, 4) is 11.3 Å². The highest BCUT2D eigenvalue weighted by atomic mass is 15.3. The Kier molecular flexibility index (Phi) is 3.83. The van der Waals surface area contributed by atoms with Gasteiger partial charge in [-0.05, 0) is 33.8 Å². The Labute approximate surface area is 130 Å². The first-order valence-electron chi connectivity index (χ1n) is 7.64. The Morgan fingerprint density at radius 2 is 2.05 bits per heavy atom. The average molecular weight is 298 g/mol. The van der Waals surface area contributed by atoms with E-state index in [1.807, 2.05) is 30.3 Å². The van der Waals surface area contributed by atoms with E-state index in [0.29, 0.717) is 0 Å². The standard InChI is InChI=1S/C16H22N6/c1-5-21-10-15(7-18-21)16-8-17-11-20(16)9-14(4)22-13(3)6-12(2)19-22/h6-8,10-11,14H,5,9H2,1-4H3. The van der Waals surface area contributed by atoms with Crippen molar-refractivity contribution in [1.82, 2.24) is 29.1 Å². The van der Waals surface area contributed by atoms with Crippen LogP contribution in [0.25, 0.3) is 11.3 Å². The largest absolute Gasteiger partial charge is 0.328 e. The Hall–Kier alpha value is -2.37. The van der Waals surface area contributed by atoms with Crippen molar-refractivity contribution in [2.75, 3.05) is 0 Å². The molecule has 0 aliphatic heterocycles. The van der Waals surface area contributed by atoms with E-state index in [1.165, 1.54) is 5.69 Å². The molecule has 0 bridgehead atoms. The van der Waals surface area contributed by atoms with Crippen molar-refractivity contribution in [1.29, 1.82) is 0 Å². The topological polar surface area (TPSA) is 53.5 Å². The summed E-state index contributed by atoms with van der Waals surface area (Å²) in [5.41, 5.74) is 4.43. The zero-order valence-electron chi connectivity index (χ0n) is 13.6. The molecular weight excluding hydrogens is 276 g/mol. The van der Waals surface area contributed by atoms with Gasteiger partial charge in [0.2, 0.25) is 0 Å². The van der Waals surface area contributed by atoms with E-state index >= 15 is 0 Å². The van der Waals surface area contributed by atoms with Gasteiger partial charge in [0.25, 0.3) is 0 Å². The smallest absolute Gasteiger partial charge is 0.0951 e. The molecule has 1 atom stereocenters. The van der Waals surface area contributed by atoms with Crippen LogP contribution >= 0.6 is 0 Å². The number of aromatic nitrogens is 6. The summed E-state index contributed by atoms with van der Waals surface area (Å²) in [7, 11) is 0. The van der Waals surface area contributed by atoms with Crippen LogP contribution in [0.5, 0.6) is 0 Å². The molecule has 0 aromatic carbocycles. The minimum absolute atomic E-state index is 0.267. The maximum absolute atomic E-state index is 4.58. The van der Waals surface area contributed by atoms with Gasteiger partial charge in [-0.15, -0.1) is 0 Å². The van der Waals surface area contributed by atoms with E-state index in [-0.39, 0.29) is 6.04 Å². The predicted molar refractivity (Wildman–Crippen MR) is 85.5 cm³/mol. The predicted octanol–water partition coefficient (Wildman–Crippen LogP) is 2.84. The molecule has 0 fully saturated rings. The van der Waals surface area contributed by atoms with Crippen LogP contribution in [-0.2, 0) is 13.1 Å². The molecule has 3 heterocycles. The summed E-state index contributed by atoms with van der Waals surface area (Å²) in [6.45, 7) is 10.1. The van der Waals surface area contributed by atoms with E-state index in [2.05, 4.69) is 57.5 Å². The molecule has 0 saturated heterocycles. The maximum Gasteiger partial charge on any atom is 0.0951 e. The van der Waals surface area contributed by atoms with Gasteiger partial charge >= 0.3 is 0 Å². The van der Waals surface area contributed by atoms with Crippen LogP contribution in [0.1, 0.15) is 31.3 Å². The fraction of sp³-hybridized carbons (Fsp3) is 0.438. The quantitative estimate of drug-likeness (QED) is 0.728. The Bertz CT molecular complexity index is 763. The monoisotopic (exact) mass is 298 g/mol. The number of rotatable bonds is 5. The van der Waals surface area contributed by atoms with Gasteiger partial charge in [0.15, 0.2) is 0 Å². The van der Waals surface area contributed by atoms with Crippen LogP contribution in [0, 0.1) is 13.8 Å². The van der Waals surface area contributed by atoms with Crippen LogP contribution in [0.3, 0.4) is 0 Å². The Balaban J connectivity index is 1.84. The zero-order chi connectivity index (χ0) is 15.7. The summed E-state index contributed by atoms with van der Waals surface area (Å²) in [5.74, 6) is 0. The first-order valence-corrected chi connectivity index (χ1v) is 7.64. The minimum Gasteiger partial charge on any atom is -0.328 e. The molecule has 0 saturated carbocycles. The lowest BCUT2D eigenvalue weighted by Crippen LogP contribution is -2.15. The molecule has 3 rings (SSSR count). The summed E-state index contributed by atoms with van der Waals surface area (Å²) < 4.78 is 6.17. The molecule has 0 aliphatic rings. The molecule has 22 heavy (non-hydrogen) atoms. The lowest BCUT2D eigenvalue weighted by molar-refractivity contribution is 0.418. The molecule has 3 aromatic rings. The molecule has 1 unspecified atom stereocenters. The first-order chi connectivity index (χ1) is 10.6. The van der Waals surface area contributed by atoms with Gasteiger partial charge in [0, 0.05) is 30.5 Å². The van der Waals surface area contributed by atoms with Crippen molar-refractivity contribution in [3.63, 3.8) is 0 Å². The van der Waals surface area contributed by atoms with Gasteiger partial charge in [-0.25, -0.2) is 4.98 Å². The van der Waals surface area contributed by atoms with E-state index in [4.69, 9.17) is 0 Å². The summed E-state index contributed by atoms with van der Waals surface area (Å²) in [5, 5.41) is 8.92. The summed E-state index contributed by atoms with van der Waals surface area (Å²) in [6, 6.07) is 2.37. The van der Waals surface area contributed by atoms with E-state index in [1.54, 1.807) is 0 Å². The van der Waals surface area contributed by atoms with Crippen molar-refractivity contribution in [3.05, 3.63) is 42.4 Å². The van der Waals surface area contributed by atoms with E-state index in [9.17, 15) is 0 Å². The van der Waals surface area contributed by atoms with Crippen LogP contribution in [0.2, 0.25) is 0 Å². The number of hydrogen-bond acceptors (Lipinski definition) is 3. The highest BCUT2D eigenvalue weighted by Gasteiger charge is 2.13. The highest BCUT2D eigenvalue weighted by molar-refractivity contribution is 5.56. The molecule has 0 spiro atoms. The van der Waals surface area contributed by atoms with Crippen LogP contribution in [0.15, 0.2) is 31.0 Å². The van der Waals surface area contributed by atoms with Gasteiger partial charge in [0.1, 0.15) is 0 Å². The SMILES string of the molecule is CCn1cc(-c2cncn2CC(C)n2nc(C)cc2C)cn1. The Morgan fingerprint density at radius 1 is 1.23 bits per heavy atom. The molecular formula is C16H22N6. The second-order valence-electron chi connectivity index (χ2n) is 5.74. The Morgan fingerprint density at radius 3 is 2.68 bits per heavy atom. The fourth-order valence-corrected chi connectivity index (χ4v) is 2.83. The van der Waals surface area contributed by atoms with Gasteiger partial charge in [-0.1, -0.05) is 0 Å². The van der Waals surface area contributed by atoms with Crippen LogP contribution < -0.4 is 0 Å². The third-order valence-corrected chi connectivity index (χ3v) is 3.89. The van der Waals surface area contributed by atoms with Crippen LogP contribution in [-0.4, -0.2) is 29.1 Å². The van der Waals surface area contributed by atoms with E-state index in [0.717, 1.165) is 30.0 Å². The molecule has 0 amide bonds. The number of hydrogen-bond donors (Lipinski definition) is 0. The lowest BCUT2D eigenvalue weighted by atomic mass is 10.2. The van der Waals surface area contributed by atoms with Crippen molar-refractivity contribution < 1.29 is 0 Å². The number of aryl methyl sites for hydroxylation is 3. The highest BCUT2D eigenvalue weighted by Crippen LogP contribution is 2.21. The van der Waals surface area contributed by atoms with Crippen molar-refractivity contribution in [2.45, 2.75) is 46.8 Å². The molecule has 0 aliphatic carbocycles. The van der Waals surface area contributed by atoms with Crippen LogP contribution in [0.4, 0.5) is 0 Å². The second-order valence-corrected chi connectivity index (χ2v) is 5.74. The summed E-state index contributed by atoms with van der Waals surface area (Å²) >= 11 is 0. The maximum atomic E-state index is 4.58. The zero-order valence-corrected chi connectivity index (χ0v) is 13.6. The average Bonchev–Trinajstić information content (AvgIpc) is 3.18. The molecule has 6 nitrogen and oxygen atoms in total. The van der Waals surface area contributed by atoms with Crippen molar-refractivity contribution in [2.24, 2.45) is 0 Å². The van der Waals surface area contributed by atoms with Gasteiger partial charge in [-0.2, -0.15) is 10.2 Å². The van der Waals surface area contributed by atoms with Crippen molar-refractivity contribution >= 4 is 0 Å². The summed E-state index contributed by atoms with van der Waals surface area (Å²) in [6.07, 6.45) is 7.72. The van der Waals surface area contributed by atoms with Gasteiger partial charge in [0.05, 0.1) is 36.2 Å². The molecule has 0 N–H and O–H groups in total. The van der Waals surface area contributed by atoms with Gasteiger partial charge < -0.3 is 4.57 Å². The summed E-state index contributed by atoms with van der Waals surface area (Å²) in [4.78, 5) is 4.30. The number of imidazole rings is 1. The molecule has 116 valence electrons. The van der Waals surface area contributed by atoms with Gasteiger partial charge in [-0.3, -0.25) is 9.36 Å². The molecule has 3 aromatic heterocycles. The fourth-order valence-electron chi connectivity index (χ4n) is 2.83. The second kappa shape index (κ2) is 5.79. The van der Waals surface area contributed by atoms with E-state index < -0.39 is 0 Å². The third-order valence-electron chi connectivity index (χ3n) is 3.89. The molecule has 0 radical (unpaired) electrons. The third kappa shape index (κ3) is 2.68. The normalized spacial score (nSPS) is 12.7. The molecule has 6 heteroatoms. The lowest BCUT2D eigenvalue weighted by Gasteiger charge is -2.16. The number of nitrogens with zero attached hydrogens (tertiary/aromatic N) is 6.